The van der Waals surface area contributed by atoms with Crippen LogP contribution in [0.4, 0.5) is 0 Å². The summed E-state index contributed by atoms with van der Waals surface area (Å²) in [4.78, 5) is 16.3. The van der Waals surface area contributed by atoms with E-state index in [-0.39, 0.29) is 5.78 Å². The zero-order valence-corrected chi connectivity index (χ0v) is 10.9. The lowest BCUT2D eigenvalue weighted by Crippen LogP contribution is -2.00. The number of rotatable bonds is 2. The molecule has 0 bridgehead atoms. The van der Waals surface area contributed by atoms with Gasteiger partial charge < -0.3 is 4.42 Å². The predicted octanol–water partition coefficient (Wildman–Crippen LogP) is 3.74. The van der Waals surface area contributed by atoms with Crippen LogP contribution in [0.25, 0.3) is 11.0 Å². The van der Waals surface area contributed by atoms with E-state index in [0.29, 0.717) is 10.8 Å². The fourth-order valence-corrected chi connectivity index (χ4v) is 2.55. The van der Waals surface area contributed by atoms with Gasteiger partial charge in [-0.1, -0.05) is 12.1 Å². The normalized spacial score (nSPS) is 11.0. The molecule has 18 heavy (non-hydrogen) atoms. The van der Waals surface area contributed by atoms with E-state index in [4.69, 9.17) is 4.42 Å². The average Bonchev–Trinajstić information content (AvgIpc) is 2.97. The number of hydrogen-bond acceptors (Lipinski definition) is 4. The fraction of sp³-hybridized carbons (Fsp3) is 0.143. The monoisotopic (exact) mass is 257 g/mol. The van der Waals surface area contributed by atoms with Gasteiger partial charge in [-0.25, -0.2) is 4.98 Å². The van der Waals surface area contributed by atoms with E-state index in [2.05, 4.69) is 4.98 Å². The summed E-state index contributed by atoms with van der Waals surface area (Å²) in [5, 5.41) is 3.24. The first-order valence-corrected chi connectivity index (χ1v) is 6.49. The van der Waals surface area contributed by atoms with Crippen LogP contribution in [0.5, 0.6) is 0 Å². The first-order valence-electron chi connectivity index (χ1n) is 5.61. The van der Waals surface area contributed by atoms with E-state index in [1.165, 1.54) is 11.3 Å². The molecule has 3 nitrogen and oxygen atoms in total. The third-order valence-electron chi connectivity index (χ3n) is 2.93. The van der Waals surface area contributed by atoms with Crippen LogP contribution in [0.15, 0.2) is 34.2 Å². The Morgan fingerprint density at radius 2 is 2.17 bits per heavy atom. The highest BCUT2D eigenvalue weighted by molar-refractivity contribution is 7.11. The Labute approximate surface area is 108 Å². The van der Waals surface area contributed by atoms with Crippen molar-refractivity contribution in [2.75, 3.05) is 0 Å². The van der Waals surface area contributed by atoms with Crippen molar-refractivity contribution in [3.63, 3.8) is 0 Å². The van der Waals surface area contributed by atoms with Gasteiger partial charge in [0, 0.05) is 22.5 Å². The molecule has 0 unspecified atom stereocenters. The number of carbonyl (C=O) groups is 1. The van der Waals surface area contributed by atoms with Crippen molar-refractivity contribution in [2.45, 2.75) is 13.8 Å². The molecule has 0 fully saturated rings. The van der Waals surface area contributed by atoms with E-state index < -0.39 is 0 Å². The molecule has 0 aliphatic heterocycles. The van der Waals surface area contributed by atoms with Crippen LogP contribution in [0.1, 0.15) is 26.7 Å². The predicted molar refractivity (Wildman–Crippen MR) is 71.2 cm³/mol. The minimum absolute atomic E-state index is 0.142. The molecule has 0 N–H and O–H groups in total. The number of hydrogen-bond donors (Lipinski definition) is 0. The molecule has 0 radical (unpaired) electrons. The Morgan fingerprint density at radius 3 is 2.89 bits per heavy atom. The largest absolute Gasteiger partial charge is 0.452 e. The average molecular weight is 257 g/mol. The summed E-state index contributed by atoms with van der Waals surface area (Å²) in [5.41, 5.74) is 2.75. The topological polar surface area (TPSA) is 43.1 Å². The van der Waals surface area contributed by atoms with Crippen molar-refractivity contribution < 1.29 is 9.21 Å². The number of furan rings is 1. The molecule has 1 aromatic carbocycles. The third-order valence-corrected chi connectivity index (χ3v) is 3.70. The molecule has 0 amide bonds. The Hall–Kier alpha value is -1.94. The zero-order chi connectivity index (χ0) is 12.7. The summed E-state index contributed by atoms with van der Waals surface area (Å²) < 4.78 is 5.68. The summed E-state index contributed by atoms with van der Waals surface area (Å²) in [6, 6.07) is 5.95. The molecule has 2 heterocycles. The Morgan fingerprint density at radius 1 is 1.33 bits per heavy atom. The molecule has 0 atom stereocenters. The molecule has 3 aromatic rings. The van der Waals surface area contributed by atoms with Gasteiger partial charge in [0.1, 0.15) is 5.58 Å². The van der Waals surface area contributed by atoms with Crippen molar-refractivity contribution >= 4 is 28.1 Å². The number of fused-ring (bicyclic) bond motifs is 1. The molecule has 0 aliphatic rings. The molecule has 90 valence electrons. The molecule has 0 aliphatic carbocycles. The maximum absolute atomic E-state index is 12.2. The second-order valence-electron chi connectivity index (χ2n) is 4.22. The Kier molecular flexibility index (Phi) is 2.52. The van der Waals surface area contributed by atoms with E-state index in [1.807, 2.05) is 32.0 Å². The van der Waals surface area contributed by atoms with Gasteiger partial charge in [-0.05, 0) is 25.5 Å². The second kappa shape index (κ2) is 4.07. The van der Waals surface area contributed by atoms with Crippen LogP contribution in [-0.2, 0) is 0 Å². The van der Waals surface area contributed by atoms with Crippen molar-refractivity contribution in [1.82, 2.24) is 4.98 Å². The standard InChI is InChI=1S/C14H11NO2S/c1-8-3-4-10-9(2)13(17-11(10)7-8)12(16)14-15-5-6-18-14/h3-7H,1-2H3. The van der Waals surface area contributed by atoms with Gasteiger partial charge >= 0.3 is 0 Å². The van der Waals surface area contributed by atoms with Crippen LogP contribution in [0.2, 0.25) is 0 Å². The molecular formula is C14H11NO2S. The van der Waals surface area contributed by atoms with Gasteiger partial charge in [0.05, 0.1) is 0 Å². The van der Waals surface area contributed by atoms with Crippen molar-refractivity contribution in [3.8, 4) is 0 Å². The molecule has 2 aromatic heterocycles. The lowest BCUT2D eigenvalue weighted by Gasteiger charge is -1.93. The summed E-state index contributed by atoms with van der Waals surface area (Å²) >= 11 is 1.33. The van der Waals surface area contributed by atoms with Gasteiger partial charge in [0.2, 0.25) is 0 Å². The highest BCUT2D eigenvalue weighted by Gasteiger charge is 2.20. The highest BCUT2D eigenvalue weighted by atomic mass is 32.1. The number of carbonyl (C=O) groups excluding carboxylic acids is 1. The van der Waals surface area contributed by atoms with Gasteiger partial charge in [0.15, 0.2) is 10.8 Å². The van der Waals surface area contributed by atoms with Crippen LogP contribution >= 0.6 is 11.3 Å². The van der Waals surface area contributed by atoms with Gasteiger partial charge in [0.25, 0.3) is 5.78 Å². The zero-order valence-electron chi connectivity index (χ0n) is 10.1. The summed E-state index contributed by atoms with van der Waals surface area (Å²) in [7, 11) is 0. The maximum atomic E-state index is 12.2. The number of thiazole rings is 1. The minimum Gasteiger partial charge on any atom is -0.452 e. The third kappa shape index (κ3) is 1.66. The fourth-order valence-electron chi connectivity index (χ4n) is 1.98. The lowest BCUT2D eigenvalue weighted by molar-refractivity contribution is 0.101. The summed E-state index contributed by atoms with van der Waals surface area (Å²) in [5.74, 6) is 0.252. The van der Waals surface area contributed by atoms with Gasteiger partial charge in [-0.2, -0.15) is 0 Å². The molecule has 0 saturated heterocycles. The molecule has 3 rings (SSSR count). The quantitative estimate of drug-likeness (QED) is 0.657. The number of nitrogens with zero attached hydrogens (tertiary/aromatic N) is 1. The van der Waals surface area contributed by atoms with E-state index in [1.54, 1.807) is 11.6 Å². The molecule has 0 saturated carbocycles. The summed E-state index contributed by atoms with van der Waals surface area (Å²) in [6.45, 7) is 3.90. The van der Waals surface area contributed by atoms with Crippen LogP contribution in [-0.4, -0.2) is 10.8 Å². The van der Waals surface area contributed by atoms with Gasteiger partial charge in [-0.15, -0.1) is 11.3 Å². The van der Waals surface area contributed by atoms with Crippen LogP contribution in [0, 0.1) is 13.8 Å². The SMILES string of the molecule is Cc1ccc2c(C)c(C(=O)c3nccs3)oc2c1. The van der Waals surface area contributed by atoms with Crippen LogP contribution < -0.4 is 0 Å². The number of aromatic nitrogens is 1. The Bertz CT molecular complexity index is 726. The Balaban J connectivity index is 2.18. The van der Waals surface area contributed by atoms with E-state index >= 15 is 0 Å². The molecule has 0 spiro atoms. The first-order chi connectivity index (χ1) is 8.66. The highest BCUT2D eigenvalue weighted by Crippen LogP contribution is 2.28. The van der Waals surface area contributed by atoms with Crippen molar-refractivity contribution in [1.29, 1.82) is 0 Å². The summed E-state index contributed by atoms with van der Waals surface area (Å²) in [6.07, 6.45) is 1.63. The number of aryl methyl sites for hydroxylation is 2. The lowest BCUT2D eigenvalue weighted by atomic mass is 10.1. The van der Waals surface area contributed by atoms with E-state index in [0.717, 1.165) is 22.1 Å². The second-order valence-corrected chi connectivity index (χ2v) is 5.12. The van der Waals surface area contributed by atoms with Crippen molar-refractivity contribution in [2.24, 2.45) is 0 Å². The smallest absolute Gasteiger partial charge is 0.256 e. The number of benzene rings is 1. The maximum Gasteiger partial charge on any atom is 0.256 e. The number of ketones is 1. The van der Waals surface area contributed by atoms with Gasteiger partial charge in [-0.3, -0.25) is 4.79 Å². The minimum atomic E-state index is -0.142. The van der Waals surface area contributed by atoms with Crippen molar-refractivity contribution in [3.05, 3.63) is 51.7 Å². The van der Waals surface area contributed by atoms with E-state index in [9.17, 15) is 4.79 Å². The molecular weight excluding hydrogens is 246 g/mol. The van der Waals surface area contributed by atoms with Crippen LogP contribution in [0.3, 0.4) is 0 Å². The molecule has 4 heteroatoms. The first kappa shape index (κ1) is 11.2.